The van der Waals surface area contributed by atoms with Crippen molar-refractivity contribution in [2.24, 2.45) is 4.99 Å². The molecule has 3 N–H and O–H groups in total. The van der Waals surface area contributed by atoms with Crippen molar-refractivity contribution in [2.45, 2.75) is 57.8 Å². The Hall–Kier alpha value is -2.44. The zero-order valence-corrected chi connectivity index (χ0v) is 19.4. The fraction of sp³-hybridized carbons (Fsp3) is 0.520. The summed E-state index contributed by atoms with van der Waals surface area (Å²) < 4.78 is 0. The van der Waals surface area contributed by atoms with Gasteiger partial charge in [0.05, 0.1) is 5.69 Å². The number of benzene rings is 1. The fourth-order valence-corrected chi connectivity index (χ4v) is 4.11. The Balaban J connectivity index is 1.41. The second-order valence-corrected chi connectivity index (χ2v) is 9.10. The van der Waals surface area contributed by atoms with E-state index in [1.54, 1.807) is 0 Å². The van der Waals surface area contributed by atoms with Crippen LogP contribution in [0.1, 0.15) is 50.9 Å². The summed E-state index contributed by atoms with van der Waals surface area (Å²) in [5, 5.41) is 10.9. The third-order valence-corrected chi connectivity index (χ3v) is 5.87. The number of piperidine rings is 1. The van der Waals surface area contributed by atoms with Crippen LogP contribution >= 0.6 is 0 Å². The maximum Gasteiger partial charge on any atom is 0.191 e. The molecule has 168 valence electrons. The molecule has 2 heterocycles. The van der Waals surface area contributed by atoms with Crippen LogP contribution in [0.3, 0.4) is 0 Å². The molecular formula is C25H38N6. The number of nitrogens with one attached hydrogen (secondary N) is 3. The monoisotopic (exact) mass is 422 g/mol. The second kappa shape index (κ2) is 11.3. The highest BCUT2D eigenvalue weighted by atomic mass is 15.2. The molecule has 6 heteroatoms. The van der Waals surface area contributed by atoms with Gasteiger partial charge in [0.25, 0.3) is 0 Å². The molecule has 2 aromatic rings. The largest absolute Gasteiger partial charge is 0.355 e. The van der Waals surface area contributed by atoms with Crippen molar-refractivity contribution in [3.05, 3.63) is 66.0 Å². The fourth-order valence-electron chi connectivity index (χ4n) is 4.11. The highest BCUT2D eigenvalue weighted by Gasteiger charge is 2.23. The quantitative estimate of drug-likeness (QED) is 0.450. The number of guanidine groups is 1. The average Bonchev–Trinajstić information content (AvgIpc) is 2.79. The van der Waals surface area contributed by atoms with Crippen LogP contribution < -0.4 is 16.0 Å². The van der Waals surface area contributed by atoms with Crippen molar-refractivity contribution >= 4 is 5.96 Å². The van der Waals surface area contributed by atoms with E-state index in [4.69, 9.17) is 0 Å². The van der Waals surface area contributed by atoms with E-state index >= 15 is 0 Å². The summed E-state index contributed by atoms with van der Waals surface area (Å²) in [6.45, 7) is 10.5. The molecule has 0 aliphatic carbocycles. The summed E-state index contributed by atoms with van der Waals surface area (Å²) in [6.07, 6.45) is 4.09. The maximum absolute atomic E-state index is 4.45. The Labute approximate surface area is 187 Å². The molecule has 1 fully saturated rings. The number of pyridine rings is 1. The van der Waals surface area contributed by atoms with Crippen molar-refractivity contribution in [1.82, 2.24) is 25.8 Å². The van der Waals surface area contributed by atoms with E-state index < -0.39 is 0 Å². The van der Waals surface area contributed by atoms with Gasteiger partial charge in [-0.2, -0.15) is 0 Å². The highest BCUT2D eigenvalue weighted by Crippen LogP contribution is 2.16. The van der Waals surface area contributed by atoms with Gasteiger partial charge in [-0.15, -0.1) is 0 Å². The smallest absolute Gasteiger partial charge is 0.191 e. The third-order valence-electron chi connectivity index (χ3n) is 5.87. The molecule has 1 atom stereocenters. The van der Waals surface area contributed by atoms with Gasteiger partial charge in [0.2, 0.25) is 0 Å². The van der Waals surface area contributed by atoms with Crippen molar-refractivity contribution in [3.8, 4) is 0 Å². The predicted octanol–water partition coefficient (Wildman–Crippen LogP) is 3.34. The molecule has 1 aliphatic rings. The van der Waals surface area contributed by atoms with Crippen LogP contribution in [-0.4, -0.2) is 54.1 Å². The van der Waals surface area contributed by atoms with Crippen LogP contribution in [-0.2, 0) is 6.54 Å². The lowest BCUT2D eigenvalue weighted by atomic mass is 10.0. The number of nitrogens with zero attached hydrogens (tertiary/aromatic N) is 3. The van der Waals surface area contributed by atoms with Crippen LogP contribution in [0.4, 0.5) is 0 Å². The Morgan fingerprint density at radius 1 is 1.13 bits per heavy atom. The number of aliphatic imine (C=N–C) groups is 1. The van der Waals surface area contributed by atoms with E-state index in [-0.39, 0.29) is 11.6 Å². The van der Waals surface area contributed by atoms with Gasteiger partial charge in [-0.1, -0.05) is 36.4 Å². The SMILES string of the molecule is CN=C(NCC(C)(C)NC(C)c1ccccc1)NC1CCN(Cc2ccccn2)CC1. The minimum Gasteiger partial charge on any atom is -0.355 e. The molecule has 1 aliphatic heterocycles. The number of aromatic nitrogens is 1. The summed E-state index contributed by atoms with van der Waals surface area (Å²) in [4.78, 5) is 11.4. The standard InChI is InChI=1S/C25H38N6/c1-20(21-10-6-5-7-11-21)30-25(2,3)19-28-24(26-4)29-22-13-16-31(17-14-22)18-23-12-8-9-15-27-23/h5-12,15,20,22,30H,13-14,16-19H2,1-4H3,(H2,26,28,29). The van der Waals surface area contributed by atoms with E-state index in [1.807, 2.05) is 19.3 Å². The molecule has 0 bridgehead atoms. The average molecular weight is 423 g/mol. The molecule has 1 aromatic carbocycles. The first-order chi connectivity index (χ1) is 14.9. The summed E-state index contributed by atoms with van der Waals surface area (Å²) in [5.41, 5.74) is 2.38. The van der Waals surface area contributed by atoms with Gasteiger partial charge in [0.1, 0.15) is 0 Å². The normalized spacial score (nSPS) is 17.4. The summed E-state index contributed by atoms with van der Waals surface area (Å²) in [5.74, 6) is 0.880. The molecular weight excluding hydrogens is 384 g/mol. The summed E-state index contributed by atoms with van der Waals surface area (Å²) in [6, 6.07) is 17.4. The van der Waals surface area contributed by atoms with Gasteiger partial charge in [0, 0.05) is 57.0 Å². The van der Waals surface area contributed by atoms with Crippen molar-refractivity contribution in [1.29, 1.82) is 0 Å². The molecule has 1 unspecified atom stereocenters. The molecule has 0 spiro atoms. The first-order valence-electron chi connectivity index (χ1n) is 11.4. The Kier molecular flexibility index (Phi) is 8.43. The number of likely N-dealkylation sites (tertiary alicyclic amines) is 1. The van der Waals surface area contributed by atoms with Crippen LogP contribution in [0.2, 0.25) is 0 Å². The van der Waals surface area contributed by atoms with E-state index in [9.17, 15) is 0 Å². The van der Waals surface area contributed by atoms with Crippen LogP contribution in [0.5, 0.6) is 0 Å². The highest BCUT2D eigenvalue weighted by molar-refractivity contribution is 5.80. The van der Waals surface area contributed by atoms with Gasteiger partial charge < -0.3 is 16.0 Å². The topological polar surface area (TPSA) is 64.6 Å². The van der Waals surface area contributed by atoms with Gasteiger partial charge >= 0.3 is 0 Å². The minimum absolute atomic E-state index is 0.0705. The van der Waals surface area contributed by atoms with E-state index in [0.717, 1.165) is 50.7 Å². The molecule has 0 radical (unpaired) electrons. The van der Waals surface area contributed by atoms with Gasteiger partial charge in [0.15, 0.2) is 5.96 Å². The number of hydrogen-bond donors (Lipinski definition) is 3. The summed E-state index contributed by atoms with van der Waals surface area (Å²) >= 11 is 0. The molecule has 1 aromatic heterocycles. The lowest BCUT2D eigenvalue weighted by Crippen LogP contribution is -2.54. The lowest BCUT2D eigenvalue weighted by Gasteiger charge is -2.34. The van der Waals surface area contributed by atoms with Gasteiger partial charge in [-0.3, -0.25) is 14.9 Å². The predicted molar refractivity (Wildman–Crippen MR) is 129 cm³/mol. The number of hydrogen-bond acceptors (Lipinski definition) is 4. The Morgan fingerprint density at radius 2 is 1.84 bits per heavy atom. The van der Waals surface area contributed by atoms with Gasteiger partial charge in [-0.05, 0) is 51.3 Å². The molecule has 0 amide bonds. The molecule has 1 saturated heterocycles. The lowest BCUT2D eigenvalue weighted by molar-refractivity contribution is 0.196. The minimum atomic E-state index is -0.0705. The molecule has 0 saturated carbocycles. The summed E-state index contributed by atoms with van der Waals surface area (Å²) in [7, 11) is 1.85. The van der Waals surface area contributed by atoms with Crippen molar-refractivity contribution in [2.75, 3.05) is 26.7 Å². The Morgan fingerprint density at radius 3 is 2.48 bits per heavy atom. The molecule has 31 heavy (non-hydrogen) atoms. The van der Waals surface area contributed by atoms with Crippen molar-refractivity contribution in [3.63, 3.8) is 0 Å². The number of rotatable bonds is 8. The second-order valence-electron chi connectivity index (χ2n) is 9.10. The van der Waals surface area contributed by atoms with Crippen LogP contribution in [0, 0.1) is 0 Å². The first-order valence-corrected chi connectivity index (χ1v) is 11.4. The molecule has 6 nitrogen and oxygen atoms in total. The first kappa shape index (κ1) is 23.2. The third kappa shape index (κ3) is 7.64. The molecule has 3 rings (SSSR count). The Bertz CT molecular complexity index is 797. The maximum atomic E-state index is 4.45. The van der Waals surface area contributed by atoms with E-state index in [0.29, 0.717) is 6.04 Å². The van der Waals surface area contributed by atoms with Crippen LogP contribution in [0.25, 0.3) is 0 Å². The van der Waals surface area contributed by atoms with E-state index in [1.165, 1.54) is 5.56 Å². The van der Waals surface area contributed by atoms with Gasteiger partial charge in [-0.25, -0.2) is 0 Å². The zero-order chi connectivity index (χ0) is 22.1. The van der Waals surface area contributed by atoms with E-state index in [2.05, 4.69) is 94.1 Å². The van der Waals surface area contributed by atoms with Crippen molar-refractivity contribution < 1.29 is 0 Å². The van der Waals surface area contributed by atoms with Crippen LogP contribution in [0.15, 0.2) is 59.7 Å². The zero-order valence-electron chi connectivity index (χ0n) is 19.4.